The van der Waals surface area contributed by atoms with Crippen LogP contribution in [0.25, 0.3) is 0 Å². The first-order valence-corrected chi connectivity index (χ1v) is 8.17. The number of urea groups is 1. The van der Waals surface area contributed by atoms with Crippen LogP contribution in [-0.4, -0.2) is 54.3 Å². The maximum Gasteiger partial charge on any atom is 0.326 e. The van der Waals surface area contributed by atoms with Gasteiger partial charge in [-0.1, -0.05) is 19.1 Å². The number of carbonyl (C=O) groups is 5. The molecule has 2 rings (SSSR count). The second kappa shape index (κ2) is 8.41. The Balaban J connectivity index is 1.77. The van der Waals surface area contributed by atoms with Crippen LogP contribution < -0.4 is 10.6 Å². The van der Waals surface area contributed by atoms with Crippen molar-refractivity contribution in [3.63, 3.8) is 0 Å². The van der Waals surface area contributed by atoms with E-state index in [1.54, 1.807) is 0 Å². The van der Waals surface area contributed by atoms with E-state index >= 15 is 0 Å². The molecule has 5 amide bonds. The van der Waals surface area contributed by atoms with Crippen molar-refractivity contribution in [2.24, 2.45) is 11.8 Å². The Morgan fingerprint density at radius 3 is 2.32 bits per heavy atom. The summed E-state index contributed by atoms with van der Waals surface area (Å²) in [4.78, 5) is 59.8. The van der Waals surface area contributed by atoms with Crippen LogP contribution >= 0.6 is 0 Å². The molecule has 0 aromatic rings. The second-order valence-electron chi connectivity index (χ2n) is 5.88. The third-order valence-corrected chi connectivity index (χ3v) is 4.04. The van der Waals surface area contributed by atoms with Gasteiger partial charge in [-0.3, -0.25) is 29.4 Å². The van der Waals surface area contributed by atoms with E-state index in [0.29, 0.717) is 25.8 Å². The first-order chi connectivity index (χ1) is 11.9. The minimum Gasteiger partial charge on any atom is -0.454 e. The summed E-state index contributed by atoms with van der Waals surface area (Å²) in [5.41, 5.74) is 0. The van der Waals surface area contributed by atoms with Crippen molar-refractivity contribution in [2.45, 2.75) is 26.2 Å². The molecule has 9 heteroatoms. The van der Waals surface area contributed by atoms with E-state index in [-0.39, 0.29) is 11.8 Å². The molecule has 9 nitrogen and oxygen atoms in total. The molecule has 0 aromatic heterocycles. The Morgan fingerprint density at radius 2 is 1.76 bits per heavy atom. The number of rotatable bonds is 6. The molecule has 0 saturated carbocycles. The number of nitrogens with one attached hydrogen (secondary N) is 2. The first-order valence-electron chi connectivity index (χ1n) is 8.17. The summed E-state index contributed by atoms with van der Waals surface area (Å²) in [6.07, 6.45) is 5.38. The van der Waals surface area contributed by atoms with Crippen molar-refractivity contribution in [2.75, 3.05) is 19.7 Å². The second-order valence-corrected chi connectivity index (χ2v) is 5.88. The van der Waals surface area contributed by atoms with E-state index < -0.39 is 42.9 Å². The summed E-state index contributed by atoms with van der Waals surface area (Å²) in [6, 6.07) is -0.677. The van der Waals surface area contributed by atoms with E-state index in [9.17, 15) is 24.0 Å². The molecule has 1 aliphatic carbocycles. The highest BCUT2D eigenvalue weighted by Crippen LogP contribution is 2.34. The predicted octanol–water partition coefficient (Wildman–Crippen LogP) is -0.283. The lowest BCUT2D eigenvalue weighted by atomic mass is 9.85. The van der Waals surface area contributed by atoms with Gasteiger partial charge in [-0.2, -0.15) is 0 Å². The third kappa shape index (κ3) is 4.65. The van der Waals surface area contributed by atoms with Crippen molar-refractivity contribution in [1.29, 1.82) is 0 Å². The molecule has 136 valence electrons. The Kier molecular flexibility index (Phi) is 6.26. The summed E-state index contributed by atoms with van der Waals surface area (Å²) in [6.45, 7) is 1.08. The minimum absolute atomic E-state index is 0.389. The summed E-state index contributed by atoms with van der Waals surface area (Å²) < 4.78 is 4.73. The molecule has 2 N–H and O–H groups in total. The third-order valence-electron chi connectivity index (χ3n) is 4.04. The number of hydrogen-bond donors (Lipinski definition) is 2. The minimum atomic E-state index is -0.877. The van der Waals surface area contributed by atoms with Crippen molar-refractivity contribution in [3.8, 4) is 0 Å². The largest absolute Gasteiger partial charge is 0.454 e. The monoisotopic (exact) mass is 351 g/mol. The molecule has 1 aliphatic heterocycles. The zero-order chi connectivity index (χ0) is 18.4. The SMILES string of the molecule is CCCNC(=O)NC(=O)COC(=O)CN1C(=O)C2CC=CCC2C1=O. The normalized spacial score (nSPS) is 21.7. The van der Waals surface area contributed by atoms with Crippen molar-refractivity contribution in [1.82, 2.24) is 15.5 Å². The average Bonchev–Trinajstić information content (AvgIpc) is 2.83. The lowest BCUT2D eigenvalue weighted by Gasteiger charge is -2.14. The number of amides is 5. The maximum atomic E-state index is 12.2. The lowest BCUT2D eigenvalue weighted by molar-refractivity contribution is -0.154. The Labute approximate surface area is 144 Å². The standard InChI is InChI=1S/C16H21N3O6/c1-2-7-17-16(24)18-12(20)9-25-13(21)8-19-14(22)10-5-3-4-6-11(10)15(19)23/h3-4,10-11H,2,5-9H2,1H3,(H2,17,18,20,24). The predicted molar refractivity (Wildman–Crippen MR) is 84.9 cm³/mol. The fourth-order valence-electron chi connectivity index (χ4n) is 2.79. The number of esters is 1. The van der Waals surface area contributed by atoms with Crippen LogP contribution in [0.3, 0.4) is 0 Å². The highest BCUT2D eigenvalue weighted by atomic mass is 16.5. The molecular weight excluding hydrogens is 330 g/mol. The number of nitrogens with zero attached hydrogens (tertiary/aromatic N) is 1. The molecule has 1 saturated heterocycles. The highest BCUT2D eigenvalue weighted by Gasteiger charge is 2.47. The van der Waals surface area contributed by atoms with Gasteiger partial charge in [0.1, 0.15) is 6.54 Å². The van der Waals surface area contributed by atoms with Gasteiger partial charge in [0.2, 0.25) is 11.8 Å². The molecule has 0 bridgehead atoms. The topological polar surface area (TPSA) is 122 Å². The molecule has 2 unspecified atom stereocenters. The summed E-state index contributed by atoms with van der Waals surface area (Å²) in [5.74, 6) is -3.29. The van der Waals surface area contributed by atoms with Gasteiger partial charge in [0, 0.05) is 6.54 Å². The Bertz CT molecular complexity index is 589. The van der Waals surface area contributed by atoms with E-state index in [4.69, 9.17) is 4.74 Å². The number of imide groups is 2. The van der Waals surface area contributed by atoms with Crippen LogP contribution in [0.4, 0.5) is 4.79 Å². The van der Waals surface area contributed by atoms with Crippen molar-refractivity contribution < 1.29 is 28.7 Å². The van der Waals surface area contributed by atoms with Crippen LogP contribution in [0.15, 0.2) is 12.2 Å². The van der Waals surface area contributed by atoms with Crippen molar-refractivity contribution >= 4 is 29.7 Å². The summed E-state index contributed by atoms with van der Waals surface area (Å²) >= 11 is 0. The molecule has 2 aliphatic rings. The molecule has 25 heavy (non-hydrogen) atoms. The fourth-order valence-corrected chi connectivity index (χ4v) is 2.79. The van der Waals surface area contributed by atoms with E-state index in [2.05, 4.69) is 5.32 Å². The number of fused-ring (bicyclic) bond motifs is 1. The van der Waals surface area contributed by atoms with E-state index in [1.807, 2.05) is 24.4 Å². The van der Waals surface area contributed by atoms with Crippen LogP contribution in [-0.2, 0) is 23.9 Å². The highest BCUT2D eigenvalue weighted by molar-refractivity contribution is 6.07. The van der Waals surface area contributed by atoms with E-state index in [1.165, 1.54) is 0 Å². The molecular formula is C16H21N3O6. The van der Waals surface area contributed by atoms with Gasteiger partial charge in [-0.15, -0.1) is 0 Å². The van der Waals surface area contributed by atoms with Crippen LogP contribution in [0.2, 0.25) is 0 Å². The maximum absolute atomic E-state index is 12.2. The molecule has 0 spiro atoms. The smallest absolute Gasteiger partial charge is 0.326 e. The molecule has 2 atom stereocenters. The summed E-state index contributed by atoms with van der Waals surface area (Å²) in [7, 11) is 0. The van der Waals surface area contributed by atoms with Gasteiger partial charge < -0.3 is 10.1 Å². The van der Waals surface area contributed by atoms with Gasteiger partial charge in [0.15, 0.2) is 6.61 Å². The molecule has 1 fully saturated rings. The molecule has 0 aromatic carbocycles. The molecule has 1 heterocycles. The van der Waals surface area contributed by atoms with Crippen LogP contribution in [0, 0.1) is 11.8 Å². The zero-order valence-electron chi connectivity index (χ0n) is 13.9. The zero-order valence-corrected chi connectivity index (χ0v) is 13.9. The quantitative estimate of drug-likeness (QED) is 0.385. The number of hydrogen-bond acceptors (Lipinski definition) is 6. The fraction of sp³-hybridized carbons (Fsp3) is 0.562. The van der Waals surface area contributed by atoms with Crippen LogP contribution in [0.5, 0.6) is 0 Å². The molecule has 0 radical (unpaired) electrons. The first kappa shape index (κ1) is 18.6. The Hall–Kier alpha value is -2.71. The van der Waals surface area contributed by atoms with Gasteiger partial charge in [0.25, 0.3) is 5.91 Å². The van der Waals surface area contributed by atoms with Gasteiger partial charge in [0.05, 0.1) is 11.8 Å². The Morgan fingerprint density at radius 1 is 1.16 bits per heavy atom. The summed E-state index contributed by atoms with van der Waals surface area (Å²) in [5, 5.41) is 4.43. The number of likely N-dealkylation sites (tertiary alicyclic amines) is 1. The van der Waals surface area contributed by atoms with Gasteiger partial charge in [-0.05, 0) is 19.3 Å². The van der Waals surface area contributed by atoms with Crippen LogP contribution in [0.1, 0.15) is 26.2 Å². The number of carbonyl (C=O) groups excluding carboxylic acids is 5. The van der Waals surface area contributed by atoms with Gasteiger partial charge in [-0.25, -0.2) is 4.79 Å². The van der Waals surface area contributed by atoms with E-state index in [0.717, 1.165) is 4.90 Å². The number of ether oxygens (including phenoxy) is 1. The van der Waals surface area contributed by atoms with Gasteiger partial charge >= 0.3 is 12.0 Å². The average molecular weight is 351 g/mol. The van der Waals surface area contributed by atoms with Crippen molar-refractivity contribution in [3.05, 3.63) is 12.2 Å². The lowest BCUT2D eigenvalue weighted by Crippen LogP contribution is -2.42. The number of allylic oxidation sites excluding steroid dienone is 2.